The highest BCUT2D eigenvalue weighted by molar-refractivity contribution is 7.99. The first-order chi connectivity index (χ1) is 7.86. The molecule has 1 aromatic rings. The Balaban J connectivity index is 2.01. The molecule has 16 heavy (non-hydrogen) atoms. The molecular formula is C11H16N4S. The van der Waals surface area contributed by atoms with E-state index in [1.807, 2.05) is 6.92 Å². The number of hydrogen-bond acceptors (Lipinski definition) is 4. The largest absolute Gasteiger partial charge is 0.324 e. The fourth-order valence-electron chi connectivity index (χ4n) is 1.56. The van der Waals surface area contributed by atoms with E-state index in [4.69, 9.17) is 5.73 Å². The predicted octanol–water partition coefficient (Wildman–Crippen LogP) is 1.58. The van der Waals surface area contributed by atoms with Crippen LogP contribution in [0.3, 0.4) is 0 Å². The first-order valence-corrected chi connectivity index (χ1v) is 6.51. The van der Waals surface area contributed by atoms with Gasteiger partial charge in [-0.25, -0.2) is 0 Å². The van der Waals surface area contributed by atoms with Gasteiger partial charge < -0.3 is 10.3 Å². The minimum Gasteiger partial charge on any atom is -0.324 e. The summed E-state index contributed by atoms with van der Waals surface area (Å²) in [6.45, 7) is 2.34. The number of aromatic nitrogens is 3. The molecule has 2 rings (SSSR count). The molecule has 0 bridgehead atoms. The van der Waals surface area contributed by atoms with Crippen LogP contribution in [0.5, 0.6) is 0 Å². The zero-order valence-corrected chi connectivity index (χ0v) is 10.3. The summed E-state index contributed by atoms with van der Waals surface area (Å²) in [7, 11) is 0. The second kappa shape index (κ2) is 5.37. The van der Waals surface area contributed by atoms with Gasteiger partial charge in [-0.2, -0.15) is 0 Å². The highest BCUT2D eigenvalue weighted by atomic mass is 32.2. The normalized spacial score (nSPS) is 14.6. The molecule has 0 spiro atoms. The van der Waals surface area contributed by atoms with Crippen molar-refractivity contribution < 1.29 is 0 Å². The van der Waals surface area contributed by atoms with Crippen molar-refractivity contribution in [2.75, 3.05) is 5.75 Å². The van der Waals surface area contributed by atoms with Gasteiger partial charge in [0.15, 0.2) is 5.16 Å². The molecule has 0 unspecified atom stereocenters. The Labute approximate surface area is 100.0 Å². The van der Waals surface area contributed by atoms with E-state index in [9.17, 15) is 0 Å². The van der Waals surface area contributed by atoms with Crippen LogP contribution in [0.2, 0.25) is 0 Å². The van der Waals surface area contributed by atoms with E-state index in [1.165, 1.54) is 12.8 Å². The quantitative estimate of drug-likeness (QED) is 0.479. The molecule has 1 saturated carbocycles. The average Bonchev–Trinajstić information content (AvgIpc) is 3.06. The van der Waals surface area contributed by atoms with Crippen LogP contribution in [0.1, 0.15) is 38.1 Å². The standard InChI is InChI=1S/C11H16N4S/c1-2-3-4-7-16-11-14-13-10(8-12)15(11)9-5-6-9/h9H,4-8,12H2,1H3. The lowest BCUT2D eigenvalue weighted by molar-refractivity contribution is 0.626. The van der Waals surface area contributed by atoms with Crippen LogP contribution in [0, 0.1) is 11.8 Å². The summed E-state index contributed by atoms with van der Waals surface area (Å²) < 4.78 is 2.20. The number of hydrogen-bond donors (Lipinski definition) is 1. The highest BCUT2D eigenvalue weighted by Gasteiger charge is 2.28. The average molecular weight is 236 g/mol. The Morgan fingerprint density at radius 1 is 1.50 bits per heavy atom. The van der Waals surface area contributed by atoms with Crippen LogP contribution in [-0.2, 0) is 6.54 Å². The van der Waals surface area contributed by atoms with Crippen molar-refractivity contribution in [1.29, 1.82) is 0 Å². The van der Waals surface area contributed by atoms with E-state index in [-0.39, 0.29) is 0 Å². The second-order valence-electron chi connectivity index (χ2n) is 3.73. The van der Waals surface area contributed by atoms with Crippen molar-refractivity contribution in [1.82, 2.24) is 14.8 Å². The molecule has 0 amide bonds. The minimum atomic E-state index is 0.471. The van der Waals surface area contributed by atoms with Crippen LogP contribution in [0.25, 0.3) is 0 Å². The van der Waals surface area contributed by atoms with Crippen LogP contribution in [0.4, 0.5) is 0 Å². The van der Waals surface area contributed by atoms with E-state index in [0.717, 1.165) is 23.2 Å². The Morgan fingerprint density at radius 2 is 2.31 bits per heavy atom. The lowest BCUT2D eigenvalue weighted by atomic mass is 10.5. The van der Waals surface area contributed by atoms with Gasteiger partial charge in [0.05, 0.1) is 6.54 Å². The predicted molar refractivity (Wildman–Crippen MR) is 65.0 cm³/mol. The molecule has 4 nitrogen and oxygen atoms in total. The van der Waals surface area contributed by atoms with Gasteiger partial charge in [0.1, 0.15) is 5.82 Å². The maximum Gasteiger partial charge on any atom is 0.191 e. The molecule has 0 atom stereocenters. The molecule has 2 N–H and O–H groups in total. The molecule has 0 saturated heterocycles. The molecule has 1 fully saturated rings. The van der Waals surface area contributed by atoms with E-state index in [1.54, 1.807) is 11.8 Å². The van der Waals surface area contributed by atoms with Gasteiger partial charge in [0.2, 0.25) is 0 Å². The van der Waals surface area contributed by atoms with Crippen LogP contribution in [0.15, 0.2) is 5.16 Å². The third-order valence-electron chi connectivity index (χ3n) is 2.46. The Morgan fingerprint density at radius 3 is 2.94 bits per heavy atom. The third-order valence-corrected chi connectivity index (χ3v) is 3.41. The summed E-state index contributed by atoms with van der Waals surface area (Å²) in [5.74, 6) is 7.82. The fourth-order valence-corrected chi connectivity index (χ4v) is 2.44. The molecular weight excluding hydrogens is 220 g/mol. The molecule has 1 heterocycles. The first kappa shape index (κ1) is 11.5. The fraction of sp³-hybridized carbons (Fsp3) is 0.636. The van der Waals surface area contributed by atoms with Crippen molar-refractivity contribution in [2.45, 2.75) is 43.9 Å². The number of thioether (sulfide) groups is 1. The Hall–Kier alpha value is -0.990. The minimum absolute atomic E-state index is 0.471. The van der Waals surface area contributed by atoms with Gasteiger partial charge in [-0.3, -0.25) is 0 Å². The molecule has 86 valence electrons. The molecule has 1 aliphatic carbocycles. The molecule has 0 aliphatic heterocycles. The summed E-state index contributed by atoms with van der Waals surface area (Å²) in [6, 6.07) is 0.591. The highest BCUT2D eigenvalue weighted by Crippen LogP contribution is 2.38. The molecule has 0 radical (unpaired) electrons. The van der Waals surface area contributed by atoms with Crippen LogP contribution >= 0.6 is 11.8 Å². The maximum absolute atomic E-state index is 5.65. The van der Waals surface area contributed by atoms with E-state index >= 15 is 0 Å². The lowest BCUT2D eigenvalue weighted by Crippen LogP contribution is -2.08. The third kappa shape index (κ3) is 2.57. The molecule has 5 heteroatoms. The topological polar surface area (TPSA) is 56.7 Å². The van der Waals surface area contributed by atoms with E-state index < -0.39 is 0 Å². The zero-order chi connectivity index (χ0) is 11.4. The van der Waals surface area contributed by atoms with Gasteiger partial charge in [-0.15, -0.1) is 22.0 Å². The van der Waals surface area contributed by atoms with Gasteiger partial charge in [0.25, 0.3) is 0 Å². The molecule has 1 aliphatic rings. The van der Waals surface area contributed by atoms with E-state index in [2.05, 4.69) is 26.6 Å². The summed E-state index contributed by atoms with van der Waals surface area (Å²) in [4.78, 5) is 0. The number of rotatable bonds is 5. The second-order valence-corrected chi connectivity index (χ2v) is 4.79. The SMILES string of the molecule is CC#CCCSc1nnc(CN)n1C1CC1. The Kier molecular flexibility index (Phi) is 3.86. The number of nitrogens with zero attached hydrogens (tertiary/aromatic N) is 3. The van der Waals surface area contributed by atoms with Crippen molar-refractivity contribution >= 4 is 11.8 Å². The van der Waals surface area contributed by atoms with Crippen molar-refractivity contribution in [3.63, 3.8) is 0 Å². The summed E-state index contributed by atoms with van der Waals surface area (Å²) in [5, 5.41) is 9.32. The lowest BCUT2D eigenvalue weighted by Gasteiger charge is -2.06. The van der Waals surface area contributed by atoms with Gasteiger partial charge >= 0.3 is 0 Å². The zero-order valence-electron chi connectivity index (χ0n) is 9.44. The smallest absolute Gasteiger partial charge is 0.191 e. The molecule has 1 aromatic heterocycles. The molecule has 0 aromatic carbocycles. The van der Waals surface area contributed by atoms with Crippen molar-refractivity contribution in [3.8, 4) is 11.8 Å². The van der Waals surface area contributed by atoms with Crippen LogP contribution < -0.4 is 5.73 Å². The van der Waals surface area contributed by atoms with Crippen molar-refractivity contribution in [2.24, 2.45) is 5.73 Å². The van der Waals surface area contributed by atoms with E-state index in [0.29, 0.717) is 12.6 Å². The summed E-state index contributed by atoms with van der Waals surface area (Å²) >= 11 is 1.72. The van der Waals surface area contributed by atoms with Gasteiger partial charge in [0, 0.05) is 18.2 Å². The van der Waals surface area contributed by atoms with Crippen LogP contribution in [-0.4, -0.2) is 20.5 Å². The van der Waals surface area contributed by atoms with Gasteiger partial charge in [-0.1, -0.05) is 11.8 Å². The first-order valence-electron chi connectivity index (χ1n) is 5.53. The number of nitrogens with two attached hydrogens (primary N) is 1. The summed E-state index contributed by atoms with van der Waals surface area (Å²) in [5.41, 5.74) is 5.65. The Bertz CT molecular complexity index is 411. The van der Waals surface area contributed by atoms with Crippen molar-refractivity contribution in [3.05, 3.63) is 5.82 Å². The maximum atomic E-state index is 5.65. The van der Waals surface area contributed by atoms with Gasteiger partial charge in [-0.05, 0) is 19.8 Å². The monoisotopic (exact) mass is 236 g/mol. The summed E-state index contributed by atoms with van der Waals surface area (Å²) in [6.07, 6.45) is 3.36.